The molecule has 1 aliphatic carbocycles. The Hall–Kier alpha value is -7.59. The maximum atomic E-state index is 14.2. The standard InChI is InChI=1S/C50H59N13O9/c1-5-61-38(17-27(3)57-61)46(66)55-49-53-36-19-30(44(51)64)21-40-42(36)59(49)15-7-8-16-60-43-37(54-50(60)56-47(67)39-18-28(4)58-62(39)6-2)20-31(45(65)52-32-11-9-29(10-12-32)48(68)69)22-41(43)72-26-35(25-71-40)63-33-13-14-34(63)24-70-23-33/h7-8,17-22,29,32-35H,5-6,9-16,23-26H2,1-4H3,(H2,51,64)(H,52,65)(H,68,69)(H,53,55,66)(H,54,56,67)/b8-7+/t29-,32-,33?,34?,35-/m0/s1. The molecule has 3 aliphatic heterocycles. The number of ether oxygens (including phenoxy) is 3. The van der Waals surface area contributed by atoms with Gasteiger partial charge in [-0.1, -0.05) is 12.2 Å². The molecule has 4 amide bonds. The number of primary amides is 1. The van der Waals surface area contributed by atoms with Crippen LogP contribution in [0.2, 0.25) is 0 Å². The molecule has 1 saturated carbocycles. The monoisotopic (exact) mass is 985 g/mol. The van der Waals surface area contributed by atoms with E-state index in [2.05, 4.69) is 31.0 Å². The highest BCUT2D eigenvalue weighted by atomic mass is 16.5. The van der Waals surface area contributed by atoms with E-state index in [1.807, 2.05) is 44.4 Å². The average Bonchev–Trinajstić information content (AvgIpc) is 4.17. The quantitative estimate of drug-likeness (QED) is 0.111. The van der Waals surface area contributed by atoms with Gasteiger partial charge in [-0.2, -0.15) is 10.2 Å². The Morgan fingerprint density at radius 2 is 1.15 bits per heavy atom. The maximum Gasteiger partial charge on any atom is 0.306 e. The highest BCUT2D eigenvalue weighted by Gasteiger charge is 2.42. The van der Waals surface area contributed by atoms with Gasteiger partial charge in [-0.05, 0) is 103 Å². The molecule has 22 heteroatoms. The number of benzene rings is 2. The SMILES string of the molecule is CCn1nc(C)cc1C(=O)Nc1nc2cc(C(N)=O)cc3c2n1C/C=C/Cn1c(NC(=O)c2cc(C)nn2CC)nc2cc(C(=O)N[C@H]4CC[C@H](C(=O)O)CC4)cc(c21)OC[C@@H](N1C2CCC1COC2)CO3. The predicted octanol–water partition coefficient (Wildman–Crippen LogP) is 4.67. The molecule has 4 aromatic heterocycles. The number of fused-ring (bicyclic) bond motifs is 2. The van der Waals surface area contributed by atoms with E-state index < -0.39 is 35.7 Å². The summed E-state index contributed by atoms with van der Waals surface area (Å²) in [6.07, 6.45) is 7.53. The maximum absolute atomic E-state index is 14.2. The number of allylic oxidation sites excluding steroid dienone is 2. The van der Waals surface area contributed by atoms with E-state index in [1.54, 1.807) is 50.3 Å². The van der Waals surface area contributed by atoms with E-state index in [9.17, 15) is 29.1 Å². The van der Waals surface area contributed by atoms with Crippen LogP contribution < -0.4 is 31.2 Å². The number of hydrogen-bond donors (Lipinski definition) is 5. The van der Waals surface area contributed by atoms with Crippen molar-refractivity contribution in [1.29, 1.82) is 0 Å². The molecule has 22 nitrogen and oxygen atoms in total. The number of aliphatic carboxylic acids is 1. The highest BCUT2D eigenvalue weighted by molar-refractivity contribution is 6.05. The molecule has 72 heavy (non-hydrogen) atoms. The Bertz CT molecular complexity index is 3120. The van der Waals surface area contributed by atoms with Crippen molar-refractivity contribution in [2.75, 3.05) is 37.1 Å². The Morgan fingerprint density at radius 3 is 1.64 bits per heavy atom. The molecule has 6 aromatic rings. The molecule has 2 unspecified atom stereocenters. The summed E-state index contributed by atoms with van der Waals surface area (Å²) < 4.78 is 26.6. The third-order valence-electron chi connectivity index (χ3n) is 14.2. The Labute approximate surface area is 413 Å². The van der Waals surface area contributed by atoms with E-state index in [0.29, 0.717) is 108 Å². The fraction of sp³-hybridized carbons (Fsp3) is 0.460. The molecule has 10 rings (SSSR count). The summed E-state index contributed by atoms with van der Waals surface area (Å²) >= 11 is 0. The van der Waals surface area contributed by atoms with E-state index in [0.717, 1.165) is 12.8 Å². The number of aryl methyl sites for hydroxylation is 4. The Balaban J connectivity index is 1.09. The minimum absolute atomic E-state index is 0.0673. The first-order valence-corrected chi connectivity index (χ1v) is 24.7. The van der Waals surface area contributed by atoms with Crippen molar-refractivity contribution < 1.29 is 43.3 Å². The van der Waals surface area contributed by atoms with Gasteiger partial charge in [-0.3, -0.25) is 48.9 Å². The fourth-order valence-electron chi connectivity index (χ4n) is 10.7. The molecule has 6 N–H and O–H groups in total. The first-order chi connectivity index (χ1) is 34.8. The van der Waals surface area contributed by atoms with Crippen LogP contribution in [0.4, 0.5) is 11.9 Å². The highest BCUT2D eigenvalue weighted by Crippen LogP contribution is 2.37. The van der Waals surface area contributed by atoms with Crippen LogP contribution in [0.1, 0.15) is 105 Å². The molecule has 4 aliphatic rings. The molecule has 2 saturated heterocycles. The van der Waals surface area contributed by atoms with Crippen LogP contribution in [0.15, 0.2) is 48.6 Å². The lowest BCUT2D eigenvalue weighted by Gasteiger charge is -2.40. The number of carbonyl (C=O) groups is 5. The number of rotatable bonds is 11. The molecule has 2 bridgehead atoms. The zero-order valence-corrected chi connectivity index (χ0v) is 40.7. The summed E-state index contributed by atoms with van der Waals surface area (Å²) in [4.78, 5) is 79.2. The van der Waals surface area contributed by atoms with Crippen molar-refractivity contribution in [3.8, 4) is 11.5 Å². The smallest absolute Gasteiger partial charge is 0.306 e. The summed E-state index contributed by atoms with van der Waals surface area (Å²) in [5.74, 6) is -2.16. The zero-order valence-electron chi connectivity index (χ0n) is 40.7. The molecule has 2 aromatic carbocycles. The Kier molecular flexibility index (Phi) is 13.3. The average molecular weight is 986 g/mol. The lowest BCUT2D eigenvalue weighted by Crippen LogP contribution is -2.55. The number of morpholine rings is 1. The topological polar surface area (TPSA) is 270 Å². The number of amides is 4. The number of carbonyl (C=O) groups excluding carboxylic acids is 4. The van der Waals surface area contributed by atoms with Gasteiger partial charge in [0.05, 0.1) is 47.6 Å². The molecule has 0 spiro atoms. The normalized spacial score (nSPS) is 21.8. The number of aromatic nitrogens is 8. The first-order valence-electron chi connectivity index (χ1n) is 24.7. The lowest BCUT2D eigenvalue weighted by molar-refractivity contribution is -0.142. The van der Waals surface area contributed by atoms with Gasteiger partial charge in [-0.15, -0.1) is 0 Å². The van der Waals surface area contributed by atoms with Crippen LogP contribution in [0.3, 0.4) is 0 Å². The molecule has 7 heterocycles. The largest absolute Gasteiger partial charge is 0.490 e. The van der Waals surface area contributed by atoms with E-state index in [4.69, 9.17) is 29.9 Å². The summed E-state index contributed by atoms with van der Waals surface area (Å²) in [6.45, 7) is 9.86. The molecular formula is C50H59N13O9. The minimum atomic E-state index is -0.829. The summed E-state index contributed by atoms with van der Waals surface area (Å²) in [5.41, 5.74) is 10.2. The van der Waals surface area contributed by atoms with Crippen molar-refractivity contribution in [3.05, 3.63) is 82.5 Å². The third kappa shape index (κ3) is 9.38. The lowest BCUT2D eigenvalue weighted by atomic mass is 9.86. The number of nitrogens with two attached hydrogens (primary N) is 1. The van der Waals surface area contributed by atoms with Gasteiger partial charge >= 0.3 is 5.97 Å². The Morgan fingerprint density at radius 1 is 0.653 bits per heavy atom. The minimum Gasteiger partial charge on any atom is -0.490 e. The first kappa shape index (κ1) is 48.1. The molecular weight excluding hydrogens is 927 g/mol. The number of hydrogen-bond acceptors (Lipinski definition) is 13. The summed E-state index contributed by atoms with van der Waals surface area (Å²) in [5, 5.41) is 27.7. The van der Waals surface area contributed by atoms with Gasteiger partial charge in [-0.25, -0.2) is 9.97 Å². The van der Waals surface area contributed by atoms with Crippen LogP contribution in [-0.2, 0) is 35.7 Å². The molecule has 378 valence electrons. The van der Waals surface area contributed by atoms with Crippen LogP contribution >= 0.6 is 0 Å². The van der Waals surface area contributed by atoms with Crippen molar-refractivity contribution in [1.82, 2.24) is 48.9 Å². The van der Waals surface area contributed by atoms with E-state index >= 15 is 0 Å². The van der Waals surface area contributed by atoms with Gasteiger partial charge in [0.2, 0.25) is 17.8 Å². The van der Waals surface area contributed by atoms with Crippen molar-refractivity contribution >= 4 is 63.6 Å². The van der Waals surface area contributed by atoms with Crippen molar-refractivity contribution in [3.63, 3.8) is 0 Å². The van der Waals surface area contributed by atoms with Crippen LogP contribution in [0, 0.1) is 19.8 Å². The molecule has 3 atom stereocenters. The fourth-order valence-corrected chi connectivity index (χ4v) is 10.7. The predicted molar refractivity (Wildman–Crippen MR) is 263 cm³/mol. The number of anilines is 2. The van der Waals surface area contributed by atoms with Crippen LogP contribution in [0.5, 0.6) is 11.5 Å². The number of carboxylic acid groups (broad SMARTS) is 1. The zero-order chi connectivity index (χ0) is 50.4. The third-order valence-corrected chi connectivity index (χ3v) is 14.2. The second kappa shape index (κ2) is 19.9. The number of carboxylic acids is 1. The van der Waals surface area contributed by atoms with Crippen LogP contribution in [0.25, 0.3) is 22.1 Å². The second-order valence-corrected chi connectivity index (χ2v) is 19.0. The number of nitrogens with one attached hydrogen (secondary N) is 3. The van der Waals surface area contributed by atoms with Gasteiger partial charge in [0.15, 0.2) is 0 Å². The van der Waals surface area contributed by atoms with E-state index in [-0.39, 0.29) is 73.4 Å². The molecule has 0 radical (unpaired) electrons. The number of imidazole rings is 2. The van der Waals surface area contributed by atoms with Gasteiger partial charge in [0.1, 0.15) is 47.1 Å². The number of nitrogens with zero attached hydrogens (tertiary/aromatic N) is 9. The van der Waals surface area contributed by atoms with Gasteiger partial charge in [0.25, 0.3) is 17.7 Å². The van der Waals surface area contributed by atoms with Gasteiger partial charge < -0.3 is 39.5 Å². The molecule has 3 fully saturated rings. The van der Waals surface area contributed by atoms with Gasteiger partial charge in [0, 0.05) is 55.4 Å². The summed E-state index contributed by atoms with van der Waals surface area (Å²) in [6, 6.07) is 9.44. The second-order valence-electron chi connectivity index (χ2n) is 19.0. The van der Waals surface area contributed by atoms with E-state index in [1.165, 1.54) is 0 Å². The van der Waals surface area contributed by atoms with Crippen LogP contribution in [-0.4, -0.2) is 129 Å². The summed E-state index contributed by atoms with van der Waals surface area (Å²) in [7, 11) is 0. The van der Waals surface area contributed by atoms with Crippen molar-refractivity contribution in [2.45, 2.75) is 117 Å². The van der Waals surface area contributed by atoms with Crippen molar-refractivity contribution in [2.24, 2.45) is 11.7 Å².